The summed E-state index contributed by atoms with van der Waals surface area (Å²) in [6.07, 6.45) is 2.10. The SMILES string of the molecule is CC(=O)Cc1cccc(-c2nnc(Nc3ccc4[nH]ncc4c3Cl)s2)c1. The second kappa shape index (κ2) is 6.86. The largest absolute Gasteiger partial charge is 0.329 e. The van der Waals surface area contributed by atoms with Crippen molar-refractivity contribution in [2.75, 3.05) is 5.32 Å². The summed E-state index contributed by atoms with van der Waals surface area (Å²) in [6, 6.07) is 11.6. The number of H-pyrrole nitrogens is 1. The number of benzene rings is 2. The number of aromatic nitrogens is 4. The number of rotatable bonds is 5. The lowest BCUT2D eigenvalue weighted by atomic mass is 10.1. The van der Waals surface area contributed by atoms with Crippen molar-refractivity contribution in [3.8, 4) is 10.6 Å². The lowest BCUT2D eigenvalue weighted by Gasteiger charge is -2.05. The van der Waals surface area contributed by atoms with Gasteiger partial charge in [0.25, 0.3) is 0 Å². The number of hydrogen-bond donors (Lipinski definition) is 2. The molecule has 0 unspecified atom stereocenters. The molecule has 2 N–H and O–H groups in total. The van der Waals surface area contributed by atoms with E-state index in [0.717, 1.165) is 32.7 Å². The van der Waals surface area contributed by atoms with Crippen LogP contribution in [0.5, 0.6) is 0 Å². The minimum Gasteiger partial charge on any atom is -0.329 e. The Labute approximate surface area is 158 Å². The molecule has 2 aromatic heterocycles. The van der Waals surface area contributed by atoms with Crippen LogP contribution in [0.2, 0.25) is 5.02 Å². The van der Waals surface area contributed by atoms with Crippen LogP contribution < -0.4 is 5.32 Å². The zero-order valence-corrected chi connectivity index (χ0v) is 15.4. The second-order valence-electron chi connectivity index (χ2n) is 5.87. The number of Topliss-reactive ketones (excluding diaryl/α,β-unsaturated/α-hetero) is 1. The van der Waals surface area contributed by atoms with E-state index in [1.54, 1.807) is 13.1 Å². The molecular weight excluding hydrogens is 370 g/mol. The molecule has 0 radical (unpaired) electrons. The molecule has 0 aliphatic rings. The van der Waals surface area contributed by atoms with Gasteiger partial charge in [0.1, 0.15) is 10.8 Å². The fraction of sp³-hybridized carbons (Fsp3) is 0.111. The monoisotopic (exact) mass is 383 g/mol. The first-order valence-corrected chi connectivity index (χ1v) is 9.10. The first kappa shape index (κ1) is 16.7. The van der Waals surface area contributed by atoms with Gasteiger partial charge < -0.3 is 5.32 Å². The molecule has 8 heteroatoms. The Morgan fingerprint density at radius 3 is 3.00 bits per heavy atom. The summed E-state index contributed by atoms with van der Waals surface area (Å²) in [7, 11) is 0. The highest BCUT2D eigenvalue weighted by Crippen LogP contribution is 2.34. The predicted molar refractivity (Wildman–Crippen MR) is 104 cm³/mol. The predicted octanol–water partition coefficient (Wildman–Crippen LogP) is 4.61. The maximum atomic E-state index is 11.3. The summed E-state index contributed by atoms with van der Waals surface area (Å²) in [5.41, 5.74) is 3.52. The van der Waals surface area contributed by atoms with E-state index in [4.69, 9.17) is 11.6 Å². The molecule has 6 nitrogen and oxygen atoms in total. The smallest absolute Gasteiger partial charge is 0.210 e. The Morgan fingerprint density at radius 1 is 1.27 bits per heavy atom. The van der Waals surface area contributed by atoms with Crippen LogP contribution in [0.15, 0.2) is 42.6 Å². The molecule has 26 heavy (non-hydrogen) atoms. The van der Waals surface area contributed by atoms with Gasteiger partial charge in [0, 0.05) is 17.4 Å². The number of carbonyl (C=O) groups excluding carboxylic acids is 1. The fourth-order valence-corrected chi connectivity index (χ4v) is 3.70. The minimum atomic E-state index is 0.131. The molecule has 4 aromatic rings. The molecule has 0 aliphatic heterocycles. The Hall–Kier alpha value is -2.77. The summed E-state index contributed by atoms with van der Waals surface area (Å²) in [4.78, 5) is 11.3. The Balaban J connectivity index is 1.60. The van der Waals surface area contributed by atoms with E-state index in [1.165, 1.54) is 11.3 Å². The number of carbonyl (C=O) groups is 1. The van der Waals surface area contributed by atoms with E-state index < -0.39 is 0 Å². The highest BCUT2D eigenvalue weighted by atomic mass is 35.5. The van der Waals surface area contributed by atoms with E-state index in [-0.39, 0.29) is 5.78 Å². The maximum absolute atomic E-state index is 11.3. The first-order valence-electron chi connectivity index (χ1n) is 7.91. The van der Waals surface area contributed by atoms with Crippen molar-refractivity contribution in [1.29, 1.82) is 0 Å². The molecule has 2 heterocycles. The molecule has 0 bridgehead atoms. The van der Waals surface area contributed by atoms with E-state index >= 15 is 0 Å². The summed E-state index contributed by atoms with van der Waals surface area (Å²) in [5, 5.41) is 21.4. The van der Waals surface area contributed by atoms with Crippen molar-refractivity contribution in [1.82, 2.24) is 20.4 Å². The number of nitrogens with zero attached hydrogens (tertiary/aromatic N) is 3. The van der Waals surface area contributed by atoms with Crippen LogP contribution in [-0.2, 0) is 11.2 Å². The van der Waals surface area contributed by atoms with Gasteiger partial charge in [-0.1, -0.05) is 41.1 Å². The quantitative estimate of drug-likeness (QED) is 0.525. The number of fused-ring (bicyclic) bond motifs is 1. The van der Waals surface area contributed by atoms with Crippen LogP contribution >= 0.6 is 22.9 Å². The van der Waals surface area contributed by atoms with Crippen molar-refractivity contribution in [3.05, 3.63) is 53.2 Å². The molecule has 130 valence electrons. The molecular formula is C18H14ClN5OS. The standard InChI is InChI=1S/C18H14ClN5OS/c1-10(25)7-11-3-2-4-12(8-11)17-23-24-18(26-17)21-15-6-5-14-13(16(15)19)9-20-22-14/h2-6,8-9H,7H2,1H3,(H,20,22)(H,21,24). The third kappa shape index (κ3) is 3.31. The van der Waals surface area contributed by atoms with E-state index in [0.29, 0.717) is 16.6 Å². The van der Waals surface area contributed by atoms with Gasteiger partial charge in [-0.15, -0.1) is 10.2 Å². The van der Waals surface area contributed by atoms with Gasteiger partial charge >= 0.3 is 0 Å². The van der Waals surface area contributed by atoms with E-state index in [9.17, 15) is 4.79 Å². The third-order valence-electron chi connectivity index (χ3n) is 3.85. The zero-order valence-electron chi connectivity index (χ0n) is 13.8. The summed E-state index contributed by atoms with van der Waals surface area (Å²) >= 11 is 7.85. The zero-order chi connectivity index (χ0) is 18.1. The van der Waals surface area contributed by atoms with Crippen molar-refractivity contribution in [2.45, 2.75) is 13.3 Å². The third-order valence-corrected chi connectivity index (χ3v) is 5.15. The van der Waals surface area contributed by atoms with Crippen LogP contribution in [0.4, 0.5) is 10.8 Å². The van der Waals surface area contributed by atoms with Crippen molar-refractivity contribution in [2.24, 2.45) is 0 Å². The molecule has 4 rings (SSSR count). The maximum Gasteiger partial charge on any atom is 0.210 e. The molecule has 0 aliphatic carbocycles. The van der Waals surface area contributed by atoms with Crippen LogP contribution in [0.1, 0.15) is 12.5 Å². The molecule has 0 saturated heterocycles. The van der Waals surface area contributed by atoms with E-state index in [2.05, 4.69) is 25.7 Å². The highest BCUT2D eigenvalue weighted by molar-refractivity contribution is 7.18. The van der Waals surface area contributed by atoms with Crippen LogP contribution in [-0.4, -0.2) is 26.2 Å². The Morgan fingerprint density at radius 2 is 2.15 bits per heavy atom. The molecule has 0 saturated carbocycles. The normalized spacial score (nSPS) is 11.0. The van der Waals surface area contributed by atoms with Crippen molar-refractivity contribution in [3.63, 3.8) is 0 Å². The van der Waals surface area contributed by atoms with Gasteiger partial charge in [-0.2, -0.15) is 5.10 Å². The number of ketones is 1. The van der Waals surface area contributed by atoms with Gasteiger partial charge in [-0.25, -0.2) is 0 Å². The van der Waals surface area contributed by atoms with Crippen LogP contribution in [0.3, 0.4) is 0 Å². The summed E-state index contributed by atoms with van der Waals surface area (Å²) in [6.45, 7) is 1.58. The number of anilines is 2. The highest BCUT2D eigenvalue weighted by Gasteiger charge is 2.11. The van der Waals surface area contributed by atoms with Crippen LogP contribution in [0, 0.1) is 0 Å². The average Bonchev–Trinajstić information content (AvgIpc) is 3.27. The number of hydrogen-bond acceptors (Lipinski definition) is 6. The van der Waals surface area contributed by atoms with E-state index in [1.807, 2.05) is 36.4 Å². The van der Waals surface area contributed by atoms with Gasteiger partial charge in [0.2, 0.25) is 5.13 Å². The van der Waals surface area contributed by atoms with Gasteiger partial charge in [-0.3, -0.25) is 9.89 Å². The molecule has 0 spiro atoms. The lowest BCUT2D eigenvalue weighted by molar-refractivity contribution is -0.116. The Bertz CT molecular complexity index is 1100. The van der Waals surface area contributed by atoms with Gasteiger partial charge in [0.05, 0.1) is 22.4 Å². The summed E-state index contributed by atoms with van der Waals surface area (Å²) in [5.74, 6) is 0.131. The average molecular weight is 384 g/mol. The molecule has 2 aromatic carbocycles. The Kier molecular flexibility index (Phi) is 4.40. The van der Waals surface area contributed by atoms with Crippen molar-refractivity contribution < 1.29 is 4.79 Å². The summed E-state index contributed by atoms with van der Waals surface area (Å²) < 4.78 is 0. The van der Waals surface area contributed by atoms with Crippen LogP contribution in [0.25, 0.3) is 21.5 Å². The first-order chi connectivity index (χ1) is 12.6. The number of halogens is 1. The second-order valence-corrected chi connectivity index (χ2v) is 7.23. The number of aromatic amines is 1. The lowest BCUT2D eigenvalue weighted by Crippen LogP contribution is -1.95. The van der Waals surface area contributed by atoms with Gasteiger partial charge in [0.15, 0.2) is 0 Å². The molecule has 0 atom stereocenters. The fourth-order valence-electron chi connectivity index (χ4n) is 2.69. The van der Waals surface area contributed by atoms with Gasteiger partial charge in [-0.05, 0) is 30.7 Å². The molecule has 0 amide bonds. The van der Waals surface area contributed by atoms with Crippen molar-refractivity contribution >= 4 is 50.4 Å². The topological polar surface area (TPSA) is 83.6 Å². The number of nitrogens with one attached hydrogen (secondary N) is 2. The molecule has 0 fully saturated rings. The minimum absolute atomic E-state index is 0.131.